The van der Waals surface area contributed by atoms with Gasteiger partial charge in [-0.1, -0.05) is 52.4 Å². The average molecular weight is 446 g/mol. The summed E-state index contributed by atoms with van der Waals surface area (Å²) in [5.74, 6) is 0.826. The Labute approximate surface area is 163 Å². The van der Waals surface area contributed by atoms with Crippen molar-refractivity contribution < 1.29 is 28.5 Å². The summed E-state index contributed by atoms with van der Waals surface area (Å²) in [5, 5.41) is 0. The fourth-order valence-electron chi connectivity index (χ4n) is 3.12. The predicted molar refractivity (Wildman–Crippen MR) is 98.3 cm³/mol. The highest BCUT2D eigenvalue weighted by atomic mass is 127. The first-order valence-corrected chi connectivity index (χ1v) is 10.1. The minimum absolute atomic E-state index is 0. The van der Waals surface area contributed by atoms with Crippen LogP contribution >= 0.6 is 11.6 Å². The third kappa shape index (κ3) is 15.9. The van der Waals surface area contributed by atoms with Crippen LogP contribution in [0.1, 0.15) is 90.9 Å². The number of quaternary nitrogens is 1. The molecular formula is C19H41ClIN. The maximum absolute atomic E-state index is 5.84. The zero-order chi connectivity index (χ0) is 15.8. The summed E-state index contributed by atoms with van der Waals surface area (Å²) in [6.07, 6.45) is 16.5. The Morgan fingerprint density at radius 2 is 0.955 bits per heavy atom. The van der Waals surface area contributed by atoms with Crippen LogP contribution in [0.4, 0.5) is 0 Å². The van der Waals surface area contributed by atoms with Gasteiger partial charge in [-0.15, -0.1) is 11.6 Å². The van der Waals surface area contributed by atoms with Crippen LogP contribution in [-0.2, 0) is 0 Å². The zero-order valence-electron chi connectivity index (χ0n) is 15.5. The highest BCUT2D eigenvalue weighted by molar-refractivity contribution is 6.17. The molecule has 1 atom stereocenters. The Morgan fingerprint density at radius 3 is 1.41 bits per heavy atom. The topological polar surface area (TPSA) is 0 Å². The molecule has 0 amide bonds. The van der Waals surface area contributed by atoms with Crippen molar-refractivity contribution in [1.82, 2.24) is 0 Å². The number of rotatable bonds is 16. The molecule has 0 bridgehead atoms. The summed E-state index contributed by atoms with van der Waals surface area (Å²) < 4.78 is 1.29. The van der Waals surface area contributed by atoms with E-state index in [0.717, 1.165) is 5.88 Å². The molecule has 0 aromatic heterocycles. The predicted octanol–water partition coefficient (Wildman–Crippen LogP) is 3.40. The van der Waals surface area contributed by atoms with Crippen LogP contribution in [0, 0.1) is 0 Å². The van der Waals surface area contributed by atoms with Gasteiger partial charge in [0.05, 0.1) is 26.7 Å². The minimum atomic E-state index is 0. The first kappa shape index (κ1) is 25.2. The molecule has 1 unspecified atom stereocenters. The third-order valence-corrected chi connectivity index (χ3v) is 4.95. The van der Waals surface area contributed by atoms with Crippen molar-refractivity contribution in [2.24, 2.45) is 0 Å². The highest BCUT2D eigenvalue weighted by Crippen LogP contribution is 2.14. The quantitative estimate of drug-likeness (QED) is 0.148. The molecular weight excluding hydrogens is 405 g/mol. The van der Waals surface area contributed by atoms with Gasteiger partial charge in [-0.05, 0) is 38.5 Å². The lowest BCUT2D eigenvalue weighted by Gasteiger charge is -2.35. The lowest BCUT2D eigenvalue weighted by molar-refractivity contribution is -0.910. The van der Waals surface area contributed by atoms with Crippen molar-refractivity contribution in [3.63, 3.8) is 0 Å². The van der Waals surface area contributed by atoms with Gasteiger partial charge < -0.3 is 28.5 Å². The number of halogens is 2. The summed E-state index contributed by atoms with van der Waals surface area (Å²) in [6.45, 7) is 8.66. The molecule has 0 heterocycles. The molecule has 0 fully saturated rings. The van der Waals surface area contributed by atoms with Crippen LogP contribution in [0.5, 0.6) is 0 Å². The molecule has 0 aliphatic rings. The van der Waals surface area contributed by atoms with E-state index in [1.807, 2.05) is 0 Å². The van der Waals surface area contributed by atoms with Gasteiger partial charge in [-0.3, -0.25) is 0 Å². The summed E-state index contributed by atoms with van der Waals surface area (Å²) in [6, 6.07) is 0. The molecule has 1 nitrogen and oxygen atoms in total. The molecule has 0 N–H and O–H groups in total. The molecule has 3 heteroatoms. The van der Waals surface area contributed by atoms with Gasteiger partial charge >= 0.3 is 0 Å². The lowest BCUT2D eigenvalue weighted by atomic mass is 10.1. The second kappa shape index (κ2) is 18.3. The van der Waals surface area contributed by atoms with E-state index in [9.17, 15) is 0 Å². The van der Waals surface area contributed by atoms with Gasteiger partial charge in [0, 0.05) is 5.88 Å². The Bertz CT molecular complexity index is 214. The Balaban J connectivity index is 0. The first-order valence-electron chi connectivity index (χ1n) is 9.58. The van der Waals surface area contributed by atoms with E-state index < -0.39 is 0 Å². The van der Waals surface area contributed by atoms with Crippen LogP contribution in [-0.4, -0.2) is 37.0 Å². The Kier molecular flexibility index (Phi) is 21.0. The monoisotopic (exact) mass is 445 g/mol. The fraction of sp³-hybridized carbons (Fsp3) is 1.00. The smallest absolute Gasteiger partial charge is 0.0784 e. The zero-order valence-corrected chi connectivity index (χ0v) is 18.4. The number of nitrogens with zero attached hydrogens (tertiary/aromatic N) is 1. The molecule has 0 aliphatic heterocycles. The second-order valence-corrected chi connectivity index (χ2v) is 7.39. The first-order chi connectivity index (χ1) is 10.2. The van der Waals surface area contributed by atoms with Crippen molar-refractivity contribution in [1.29, 1.82) is 0 Å². The lowest BCUT2D eigenvalue weighted by Crippen LogP contribution is -3.00. The van der Waals surface area contributed by atoms with Crippen LogP contribution < -0.4 is 24.0 Å². The van der Waals surface area contributed by atoms with Gasteiger partial charge in [0.25, 0.3) is 0 Å². The van der Waals surface area contributed by atoms with Gasteiger partial charge in [0.2, 0.25) is 0 Å². The van der Waals surface area contributed by atoms with Gasteiger partial charge in [-0.25, -0.2) is 0 Å². The summed E-state index contributed by atoms with van der Waals surface area (Å²) in [4.78, 5) is 0. The molecule has 0 rings (SSSR count). The minimum Gasteiger partial charge on any atom is -1.00 e. The van der Waals surface area contributed by atoms with E-state index in [1.54, 1.807) is 0 Å². The Hall–Kier alpha value is 0.980. The summed E-state index contributed by atoms with van der Waals surface area (Å²) in [7, 11) is 2.48. The largest absolute Gasteiger partial charge is 1.00 e. The number of hydrogen-bond acceptors (Lipinski definition) is 0. The molecule has 0 radical (unpaired) electrons. The molecule has 0 saturated heterocycles. The molecule has 0 spiro atoms. The summed E-state index contributed by atoms with van der Waals surface area (Å²) in [5.41, 5.74) is 0. The van der Waals surface area contributed by atoms with Crippen molar-refractivity contribution >= 4 is 11.6 Å². The van der Waals surface area contributed by atoms with E-state index >= 15 is 0 Å². The van der Waals surface area contributed by atoms with Crippen molar-refractivity contribution in [3.05, 3.63) is 0 Å². The normalized spacial score (nSPS) is 13.6. The standard InChI is InChI=1S/C19H41ClN.HI/c1-4-6-8-10-11-14-18-21(3,19-15-12-16-20)17-13-9-7-5-2;/h4-19H2,1-3H3;1H/q+1;/p-1. The van der Waals surface area contributed by atoms with E-state index in [0.29, 0.717) is 0 Å². The fourth-order valence-corrected chi connectivity index (χ4v) is 3.31. The SMILES string of the molecule is CCCCCCCC[N+](C)(CCCCCl)CCCCCC.[I-]. The number of hydrogen-bond donors (Lipinski definition) is 0. The number of alkyl halides is 1. The van der Waals surface area contributed by atoms with E-state index in [2.05, 4.69) is 20.9 Å². The maximum atomic E-state index is 5.84. The van der Waals surface area contributed by atoms with Gasteiger partial charge in [0.15, 0.2) is 0 Å². The average Bonchev–Trinajstić information content (AvgIpc) is 2.48. The molecule has 22 heavy (non-hydrogen) atoms. The van der Waals surface area contributed by atoms with Crippen molar-refractivity contribution in [2.45, 2.75) is 90.9 Å². The molecule has 0 aliphatic carbocycles. The van der Waals surface area contributed by atoms with E-state index in [1.165, 1.54) is 101 Å². The van der Waals surface area contributed by atoms with E-state index in [4.69, 9.17) is 11.6 Å². The number of unbranched alkanes of at least 4 members (excludes halogenated alkanes) is 9. The van der Waals surface area contributed by atoms with Crippen LogP contribution in [0.3, 0.4) is 0 Å². The van der Waals surface area contributed by atoms with Crippen molar-refractivity contribution in [3.8, 4) is 0 Å². The third-order valence-electron chi connectivity index (χ3n) is 4.68. The summed E-state index contributed by atoms with van der Waals surface area (Å²) >= 11 is 5.84. The molecule has 0 saturated carbocycles. The molecule has 0 aromatic rings. The molecule has 0 aromatic carbocycles. The molecule has 136 valence electrons. The second-order valence-electron chi connectivity index (χ2n) is 7.01. The van der Waals surface area contributed by atoms with Gasteiger partial charge in [-0.2, -0.15) is 0 Å². The highest BCUT2D eigenvalue weighted by Gasteiger charge is 2.19. The van der Waals surface area contributed by atoms with Gasteiger partial charge in [0.1, 0.15) is 0 Å². The van der Waals surface area contributed by atoms with Crippen LogP contribution in [0.15, 0.2) is 0 Å². The van der Waals surface area contributed by atoms with Crippen molar-refractivity contribution in [2.75, 3.05) is 32.6 Å². The maximum Gasteiger partial charge on any atom is 0.0784 e. The van der Waals surface area contributed by atoms with E-state index in [-0.39, 0.29) is 24.0 Å². The van der Waals surface area contributed by atoms with Crippen LogP contribution in [0.2, 0.25) is 0 Å². The van der Waals surface area contributed by atoms with Crippen LogP contribution in [0.25, 0.3) is 0 Å². The Morgan fingerprint density at radius 1 is 0.591 bits per heavy atom.